The van der Waals surface area contributed by atoms with Crippen molar-refractivity contribution in [2.45, 2.75) is 50.4 Å². The second-order valence-corrected chi connectivity index (χ2v) is 7.97. The molecule has 5 nitrogen and oxygen atoms in total. The first-order chi connectivity index (χ1) is 15.3. The lowest BCUT2D eigenvalue weighted by molar-refractivity contribution is -0.144. The number of amides is 1. The predicted octanol–water partition coefficient (Wildman–Crippen LogP) is 4.87. The molecule has 4 rings (SSSR count). The highest BCUT2D eigenvalue weighted by atomic mass is 19.4. The summed E-state index contributed by atoms with van der Waals surface area (Å²) in [7, 11) is 0. The summed E-state index contributed by atoms with van der Waals surface area (Å²) in [5, 5.41) is 6.68. The van der Waals surface area contributed by atoms with Crippen molar-refractivity contribution in [3.8, 4) is 0 Å². The third-order valence-corrected chi connectivity index (χ3v) is 5.57. The number of alkyl halides is 3. The number of hydrogen-bond acceptors (Lipinski definition) is 4. The minimum atomic E-state index is -4.63. The van der Waals surface area contributed by atoms with Crippen molar-refractivity contribution >= 4 is 22.6 Å². The van der Waals surface area contributed by atoms with E-state index in [1.165, 1.54) is 18.2 Å². The third kappa shape index (κ3) is 5.33. The van der Waals surface area contributed by atoms with E-state index in [1.807, 2.05) is 0 Å². The molecule has 3 aromatic rings. The molecule has 0 atom stereocenters. The zero-order valence-corrected chi connectivity index (χ0v) is 17.1. The number of para-hydroxylation sites is 1. The quantitative estimate of drug-likeness (QED) is 0.549. The standard InChI is InChI=1S/C23H22F4N4O/c24-15-7-5-14(6-8-15)13-20(32)28-16-9-11-17(12-10-16)29-21-18-3-1-2-4-19(18)30-22(31-21)23(25,26)27/h1-8,16-17H,9-13H2,(H,28,32)(H,29,30,31)/t16-,17+. The molecule has 0 aliphatic heterocycles. The molecular formula is C23H22F4N4O. The van der Waals surface area contributed by atoms with Crippen LogP contribution in [0.5, 0.6) is 0 Å². The molecule has 9 heteroatoms. The number of carbonyl (C=O) groups excluding carboxylic acids is 1. The molecule has 0 unspecified atom stereocenters. The number of benzene rings is 2. The van der Waals surface area contributed by atoms with Crippen LogP contribution in [0.1, 0.15) is 37.1 Å². The minimum Gasteiger partial charge on any atom is -0.367 e. The summed E-state index contributed by atoms with van der Waals surface area (Å²) in [5.74, 6) is -1.48. The molecule has 168 valence electrons. The summed E-state index contributed by atoms with van der Waals surface area (Å²) >= 11 is 0. The van der Waals surface area contributed by atoms with Crippen molar-refractivity contribution < 1.29 is 22.4 Å². The van der Waals surface area contributed by atoms with Crippen LogP contribution in [0.4, 0.5) is 23.4 Å². The molecule has 1 aliphatic rings. The summed E-state index contributed by atoms with van der Waals surface area (Å²) in [6.45, 7) is 0. The number of aromatic nitrogens is 2. The third-order valence-electron chi connectivity index (χ3n) is 5.57. The van der Waals surface area contributed by atoms with Gasteiger partial charge in [0.1, 0.15) is 11.6 Å². The van der Waals surface area contributed by atoms with Crippen LogP contribution in [0.15, 0.2) is 48.5 Å². The highest BCUT2D eigenvalue weighted by Gasteiger charge is 2.36. The first-order valence-electron chi connectivity index (χ1n) is 10.4. The number of nitrogens with zero attached hydrogens (tertiary/aromatic N) is 2. The maximum atomic E-state index is 13.2. The Bertz CT molecular complexity index is 1090. The van der Waals surface area contributed by atoms with Gasteiger partial charge in [-0.15, -0.1) is 0 Å². The van der Waals surface area contributed by atoms with E-state index in [0.717, 1.165) is 5.56 Å². The van der Waals surface area contributed by atoms with E-state index in [4.69, 9.17) is 0 Å². The highest BCUT2D eigenvalue weighted by Crippen LogP contribution is 2.31. The number of hydrogen-bond donors (Lipinski definition) is 2. The molecule has 2 aromatic carbocycles. The van der Waals surface area contributed by atoms with Crippen LogP contribution in [0.2, 0.25) is 0 Å². The van der Waals surface area contributed by atoms with E-state index in [-0.39, 0.29) is 41.6 Å². The average Bonchev–Trinajstić information content (AvgIpc) is 2.76. The summed E-state index contributed by atoms with van der Waals surface area (Å²) in [6, 6.07) is 12.3. The lowest BCUT2D eigenvalue weighted by atomic mass is 9.91. The molecule has 1 amide bonds. The molecule has 1 heterocycles. The Labute approximate surface area is 182 Å². The molecule has 0 bridgehead atoms. The molecule has 2 N–H and O–H groups in total. The second-order valence-electron chi connectivity index (χ2n) is 7.97. The lowest BCUT2D eigenvalue weighted by Gasteiger charge is -2.30. The van der Waals surface area contributed by atoms with E-state index in [0.29, 0.717) is 31.1 Å². The van der Waals surface area contributed by atoms with Gasteiger partial charge >= 0.3 is 6.18 Å². The zero-order valence-electron chi connectivity index (χ0n) is 17.1. The Balaban J connectivity index is 1.36. The first kappa shape index (κ1) is 22.0. The van der Waals surface area contributed by atoms with Crippen LogP contribution in [0.3, 0.4) is 0 Å². The summed E-state index contributed by atoms with van der Waals surface area (Å²) in [4.78, 5) is 19.7. The van der Waals surface area contributed by atoms with Crippen molar-refractivity contribution in [3.63, 3.8) is 0 Å². The van der Waals surface area contributed by atoms with Gasteiger partial charge in [0, 0.05) is 17.5 Å². The number of carbonyl (C=O) groups is 1. The maximum absolute atomic E-state index is 13.2. The predicted molar refractivity (Wildman–Crippen MR) is 112 cm³/mol. The van der Waals surface area contributed by atoms with Crippen LogP contribution in [0, 0.1) is 5.82 Å². The number of anilines is 1. The topological polar surface area (TPSA) is 66.9 Å². The monoisotopic (exact) mass is 446 g/mol. The van der Waals surface area contributed by atoms with E-state index >= 15 is 0 Å². The number of fused-ring (bicyclic) bond motifs is 1. The molecule has 0 spiro atoms. The number of halogens is 4. The Morgan fingerprint density at radius 2 is 1.59 bits per heavy atom. The fraction of sp³-hybridized carbons (Fsp3) is 0.348. The molecule has 32 heavy (non-hydrogen) atoms. The average molecular weight is 446 g/mol. The van der Waals surface area contributed by atoms with Gasteiger partial charge in [-0.05, 0) is 55.5 Å². The van der Waals surface area contributed by atoms with Crippen molar-refractivity contribution in [2.24, 2.45) is 0 Å². The number of nitrogens with one attached hydrogen (secondary N) is 2. The van der Waals surface area contributed by atoms with Gasteiger partial charge in [0.2, 0.25) is 11.7 Å². The Morgan fingerprint density at radius 1 is 0.938 bits per heavy atom. The Kier molecular flexibility index (Phi) is 6.25. The van der Waals surface area contributed by atoms with E-state index in [9.17, 15) is 22.4 Å². The van der Waals surface area contributed by atoms with Crippen LogP contribution in [-0.2, 0) is 17.4 Å². The van der Waals surface area contributed by atoms with E-state index < -0.39 is 12.0 Å². The Morgan fingerprint density at radius 3 is 2.28 bits per heavy atom. The van der Waals surface area contributed by atoms with Gasteiger partial charge in [-0.3, -0.25) is 4.79 Å². The fourth-order valence-electron chi connectivity index (χ4n) is 3.96. The molecule has 0 saturated heterocycles. The van der Waals surface area contributed by atoms with Crippen molar-refractivity contribution in [3.05, 3.63) is 65.7 Å². The summed E-state index contributed by atoms with van der Waals surface area (Å²) < 4.78 is 52.6. The van der Waals surface area contributed by atoms with Gasteiger partial charge in [0.15, 0.2) is 0 Å². The summed E-state index contributed by atoms with van der Waals surface area (Å²) in [5.41, 5.74) is 0.967. The first-order valence-corrected chi connectivity index (χ1v) is 10.4. The van der Waals surface area contributed by atoms with Crippen molar-refractivity contribution in [1.29, 1.82) is 0 Å². The molecule has 1 fully saturated rings. The smallest absolute Gasteiger partial charge is 0.367 e. The summed E-state index contributed by atoms with van der Waals surface area (Å²) in [6.07, 6.45) is -1.70. The molecule has 1 aromatic heterocycles. The highest BCUT2D eigenvalue weighted by molar-refractivity contribution is 5.89. The number of rotatable bonds is 5. The fourth-order valence-corrected chi connectivity index (χ4v) is 3.96. The Hall–Kier alpha value is -3.23. The van der Waals surface area contributed by atoms with Gasteiger partial charge in [0.05, 0.1) is 11.9 Å². The van der Waals surface area contributed by atoms with Gasteiger partial charge in [-0.2, -0.15) is 13.2 Å². The van der Waals surface area contributed by atoms with Crippen LogP contribution in [-0.4, -0.2) is 28.0 Å². The van der Waals surface area contributed by atoms with Gasteiger partial charge in [-0.1, -0.05) is 24.3 Å². The van der Waals surface area contributed by atoms with Crippen LogP contribution in [0.25, 0.3) is 10.9 Å². The zero-order chi connectivity index (χ0) is 22.7. The minimum absolute atomic E-state index is 0.00567. The van der Waals surface area contributed by atoms with E-state index in [2.05, 4.69) is 20.6 Å². The van der Waals surface area contributed by atoms with Gasteiger partial charge in [0.25, 0.3) is 0 Å². The molecule has 0 radical (unpaired) electrons. The van der Waals surface area contributed by atoms with Gasteiger partial charge in [-0.25, -0.2) is 14.4 Å². The normalized spacial score (nSPS) is 19.0. The van der Waals surface area contributed by atoms with E-state index in [1.54, 1.807) is 30.3 Å². The molecule has 1 aliphatic carbocycles. The van der Waals surface area contributed by atoms with Gasteiger partial charge < -0.3 is 10.6 Å². The van der Waals surface area contributed by atoms with Crippen molar-refractivity contribution in [1.82, 2.24) is 15.3 Å². The van der Waals surface area contributed by atoms with Crippen molar-refractivity contribution in [2.75, 3.05) is 5.32 Å². The SMILES string of the molecule is O=C(Cc1ccc(F)cc1)N[C@H]1CC[C@@H](Nc2nc(C(F)(F)F)nc3ccccc23)CC1. The van der Waals surface area contributed by atoms with Crippen LogP contribution >= 0.6 is 0 Å². The lowest BCUT2D eigenvalue weighted by Crippen LogP contribution is -2.40. The second kappa shape index (κ2) is 9.10. The largest absolute Gasteiger partial charge is 0.451 e. The molecule has 1 saturated carbocycles. The molecular weight excluding hydrogens is 424 g/mol. The maximum Gasteiger partial charge on any atom is 0.451 e. The van der Waals surface area contributed by atoms with Crippen LogP contribution < -0.4 is 10.6 Å².